The number of anilines is 1. The standard InChI is InChI=1S/C12H20N2O3S/c1-3-9-5-6-10(13)7-12(9)18(16,17)14-8-11(15)4-2/h5-7,11,14-15H,3-4,8,13H2,1-2H3. The van der Waals surface area contributed by atoms with Gasteiger partial charge in [-0.2, -0.15) is 0 Å². The predicted molar refractivity (Wildman–Crippen MR) is 71.7 cm³/mol. The first-order valence-corrected chi connectivity index (χ1v) is 7.45. The van der Waals surface area contributed by atoms with E-state index in [1.807, 2.05) is 6.92 Å². The molecule has 0 aliphatic carbocycles. The lowest BCUT2D eigenvalue weighted by molar-refractivity contribution is 0.174. The van der Waals surface area contributed by atoms with Gasteiger partial charge in [-0.1, -0.05) is 19.9 Å². The first kappa shape index (κ1) is 14.9. The highest BCUT2D eigenvalue weighted by Crippen LogP contribution is 2.19. The summed E-state index contributed by atoms with van der Waals surface area (Å²) in [6, 6.07) is 4.83. The first-order valence-electron chi connectivity index (χ1n) is 5.96. The number of aliphatic hydroxyl groups is 1. The van der Waals surface area contributed by atoms with Crippen molar-refractivity contribution in [3.63, 3.8) is 0 Å². The van der Waals surface area contributed by atoms with Crippen LogP contribution in [0.1, 0.15) is 25.8 Å². The van der Waals surface area contributed by atoms with Crippen LogP contribution >= 0.6 is 0 Å². The molecule has 0 radical (unpaired) electrons. The van der Waals surface area contributed by atoms with Gasteiger partial charge in [0.15, 0.2) is 0 Å². The Balaban J connectivity index is 3.00. The second kappa shape index (κ2) is 6.17. The Bertz CT molecular complexity index is 500. The fourth-order valence-corrected chi connectivity index (χ4v) is 2.96. The Morgan fingerprint density at radius 1 is 1.39 bits per heavy atom. The molecule has 1 unspecified atom stereocenters. The highest BCUT2D eigenvalue weighted by Gasteiger charge is 2.18. The summed E-state index contributed by atoms with van der Waals surface area (Å²) in [5.74, 6) is 0. The Hall–Kier alpha value is -1.11. The molecule has 1 rings (SSSR count). The second-order valence-electron chi connectivity index (χ2n) is 4.13. The van der Waals surface area contributed by atoms with Crippen LogP contribution in [0.25, 0.3) is 0 Å². The first-order chi connectivity index (χ1) is 8.40. The Labute approximate surface area is 108 Å². The molecule has 6 heteroatoms. The Morgan fingerprint density at radius 2 is 2.06 bits per heavy atom. The van der Waals surface area contributed by atoms with Crippen LogP contribution in [-0.4, -0.2) is 26.2 Å². The van der Waals surface area contributed by atoms with Gasteiger partial charge in [-0.05, 0) is 30.5 Å². The van der Waals surface area contributed by atoms with Crippen LogP contribution in [0.3, 0.4) is 0 Å². The quantitative estimate of drug-likeness (QED) is 0.670. The summed E-state index contributed by atoms with van der Waals surface area (Å²) in [6.45, 7) is 3.68. The van der Waals surface area contributed by atoms with E-state index in [1.54, 1.807) is 19.1 Å². The third-order valence-electron chi connectivity index (χ3n) is 2.74. The smallest absolute Gasteiger partial charge is 0.241 e. The molecule has 0 aromatic heterocycles. The zero-order valence-corrected chi connectivity index (χ0v) is 11.5. The molecule has 0 spiro atoms. The van der Waals surface area contributed by atoms with E-state index >= 15 is 0 Å². The van der Waals surface area contributed by atoms with Gasteiger partial charge in [-0.15, -0.1) is 0 Å². The van der Waals surface area contributed by atoms with Crippen molar-refractivity contribution in [2.75, 3.05) is 12.3 Å². The van der Waals surface area contributed by atoms with Crippen LogP contribution in [-0.2, 0) is 16.4 Å². The average molecular weight is 272 g/mol. The van der Waals surface area contributed by atoms with E-state index in [0.29, 0.717) is 24.1 Å². The lowest BCUT2D eigenvalue weighted by atomic mass is 10.1. The Morgan fingerprint density at radius 3 is 2.61 bits per heavy atom. The number of sulfonamides is 1. The lowest BCUT2D eigenvalue weighted by Crippen LogP contribution is -2.32. The number of hydrogen-bond donors (Lipinski definition) is 3. The van der Waals surface area contributed by atoms with Crippen molar-refractivity contribution in [1.82, 2.24) is 4.72 Å². The third kappa shape index (κ3) is 3.69. The topological polar surface area (TPSA) is 92.4 Å². The van der Waals surface area contributed by atoms with E-state index in [-0.39, 0.29) is 11.4 Å². The van der Waals surface area contributed by atoms with E-state index in [9.17, 15) is 13.5 Å². The van der Waals surface area contributed by atoms with Crippen LogP contribution in [0.2, 0.25) is 0 Å². The largest absolute Gasteiger partial charge is 0.399 e. The van der Waals surface area contributed by atoms with Crippen LogP contribution in [0.15, 0.2) is 23.1 Å². The maximum Gasteiger partial charge on any atom is 0.241 e. The number of benzene rings is 1. The van der Waals surface area contributed by atoms with Crippen molar-refractivity contribution in [2.45, 2.75) is 37.7 Å². The number of nitrogen functional groups attached to an aromatic ring is 1. The normalized spacial score (nSPS) is 13.5. The van der Waals surface area contributed by atoms with Crippen LogP contribution in [0, 0.1) is 0 Å². The molecule has 1 aromatic rings. The summed E-state index contributed by atoms with van der Waals surface area (Å²) in [5.41, 5.74) is 6.74. The molecule has 0 bridgehead atoms. The number of aryl methyl sites for hydroxylation is 1. The maximum atomic E-state index is 12.1. The second-order valence-corrected chi connectivity index (χ2v) is 5.87. The SMILES string of the molecule is CCc1ccc(N)cc1S(=O)(=O)NCC(O)CC. The summed E-state index contributed by atoms with van der Waals surface area (Å²) in [6.07, 6.45) is 0.429. The molecule has 0 heterocycles. The minimum Gasteiger partial charge on any atom is -0.399 e. The van der Waals surface area contributed by atoms with Gasteiger partial charge in [0, 0.05) is 12.2 Å². The molecule has 4 N–H and O–H groups in total. The molecule has 0 amide bonds. The van der Waals surface area contributed by atoms with Gasteiger partial charge in [0.1, 0.15) is 0 Å². The summed E-state index contributed by atoms with van der Waals surface area (Å²) < 4.78 is 26.6. The molecule has 18 heavy (non-hydrogen) atoms. The van der Waals surface area contributed by atoms with Gasteiger partial charge in [-0.25, -0.2) is 13.1 Å². The van der Waals surface area contributed by atoms with Crippen molar-refractivity contribution in [3.05, 3.63) is 23.8 Å². The van der Waals surface area contributed by atoms with Crippen molar-refractivity contribution >= 4 is 15.7 Å². The van der Waals surface area contributed by atoms with Gasteiger partial charge in [0.25, 0.3) is 0 Å². The molecule has 102 valence electrons. The molecule has 0 aliphatic rings. The molecule has 5 nitrogen and oxygen atoms in total. The molecule has 0 fully saturated rings. The van der Waals surface area contributed by atoms with Gasteiger partial charge in [0.05, 0.1) is 11.0 Å². The predicted octanol–water partition coefficient (Wildman–Crippen LogP) is 0.880. The van der Waals surface area contributed by atoms with E-state index in [1.165, 1.54) is 6.07 Å². The maximum absolute atomic E-state index is 12.1. The third-order valence-corrected chi connectivity index (χ3v) is 4.25. The summed E-state index contributed by atoms with van der Waals surface area (Å²) in [4.78, 5) is 0.188. The minimum atomic E-state index is -3.62. The van der Waals surface area contributed by atoms with Crippen LogP contribution in [0.4, 0.5) is 5.69 Å². The number of nitrogens with one attached hydrogen (secondary N) is 1. The lowest BCUT2D eigenvalue weighted by Gasteiger charge is -2.13. The fourth-order valence-electron chi connectivity index (χ4n) is 1.54. The van der Waals surface area contributed by atoms with Crippen LogP contribution < -0.4 is 10.5 Å². The zero-order valence-electron chi connectivity index (χ0n) is 10.7. The zero-order chi connectivity index (χ0) is 13.8. The molecular formula is C12H20N2O3S. The number of nitrogens with two attached hydrogens (primary N) is 1. The molecule has 1 aromatic carbocycles. The minimum absolute atomic E-state index is 0.0107. The summed E-state index contributed by atoms with van der Waals surface area (Å²) in [5, 5.41) is 9.40. The monoisotopic (exact) mass is 272 g/mol. The fraction of sp³-hybridized carbons (Fsp3) is 0.500. The highest BCUT2D eigenvalue weighted by atomic mass is 32.2. The summed E-state index contributed by atoms with van der Waals surface area (Å²) >= 11 is 0. The van der Waals surface area contributed by atoms with Gasteiger partial charge >= 0.3 is 0 Å². The molecule has 0 aliphatic heterocycles. The van der Waals surface area contributed by atoms with Crippen molar-refractivity contribution in [2.24, 2.45) is 0 Å². The van der Waals surface area contributed by atoms with Crippen LogP contribution in [0.5, 0.6) is 0 Å². The van der Waals surface area contributed by atoms with E-state index in [4.69, 9.17) is 5.73 Å². The van der Waals surface area contributed by atoms with Crippen molar-refractivity contribution in [3.8, 4) is 0 Å². The van der Waals surface area contributed by atoms with Gasteiger partial charge in [-0.3, -0.25) is 0 Å². The highest BCUT2D eigenvalue weighted by molar-refractivity contribution is 7.89. The molecular weight excluding hydrogens is 252 g/mol. The number of rotatable bonds is 6. The molecule has 0 saturated carbocycles. The van der Waals surface area contributed by atoms with E-state index in [2.05, 4.69) is 4.72 Å². The molecule has 1 atom stereocenters. The van der Waals surface area contributed by atoms with E-state index in [0.717, 1.165) is 0 Å². The molecule has 0 saturated heterocycles. The summed E-state index contributed by atoms with van der Waals surface area (Å²) in [7, 11) is -3.62. The van der Waals surface area contributed by atoms with Gasteiger partial charge in [0.2, 0.25) is 10.0 Å². The van der Waals surface area contributed by atoms with Crippen molar-refractivity contribution in [1.29, 1.82) is 0 Å². The number of aliphatic hydroxyl groups excluding tert-OH is 1. The van der Waals surface area contributed by atoms with Gasteiger partial charge < -0.3 is 10.8 Å². The van der Waals surface area contributed by atoms with E-state index < -0.39 is 16.1 Å². The number of hydrogen-bond acceptors (Lipinski definition) is 4. The Kier molecular flexibility index (Phi) is 5.13. The van der Waals surface area contributed by atoms with Crippen molar-refractivity contribution < 1.29 is 13.5 Å². The average Bonchev–Trinajstić information content (AvgIpc) is 2.36.